The number of nitrogens with zero attached hydrogens (tertiary/aromatic N) is 1. The maximum Gasteiger partial charge on any atom is 0.328 e. The number of halogens is 1. The number of hydrogen-bond acceptors (Lipinski definition) is 4. The van der Waals surface area contributed by atoms with Crippen molar-refractivity contribution in [1.29, 1.82) is 0 Å². The second kappa shape index (κ2) is 7.54. The van der Waals surface area contributed by atoms with Crippen LogP contribution in [0.15, 0.2) is 18.2 Å². The van der Waals surface area contributed by atoms with Crippen molar-refractivity contribution in [2.24, 2.45) is 0 Å². The topological polar surface area (TPSA) is 76.1 Å². The van der Waals surface area contributed by atoms with E-state index in [-0.39, 0.29) is 18.3 Å². The summed E-state index contributed by atoms with van der Waals surface area (Å²) in [7, 11) is 4.64. The van der Waals surface area contributed by atoms with Crippen molar-refractivity contribution in [3.05, 3.63) is 28.8 Å². The molecule has 0 bridgehead atoms. The van der Waals surface area contributed by atoms with Crippen molar-refractivity contribution in [3.63, 3.8) is 0 Å². The number of hydrogen-bond donors (Lipinski definition) is 1. The predicted octanol–water partition coefficient (Wildman–Crippen LogP) is 1.91. The summed E-state index contributed by atoms with van der Waals surface area (Å²) in [6, 6.07) is 3.05. The maximum atomic E-state index is 11.6. The molecule has 0 unspecified atom stereocenters. The third-order valence-electron chi connectivity index (χ3n) is 2.51. The second-order valence-corrected chi connectivity index (χ2v) is 4.71. The largest absolute Gasteiger partial charge is 0.493 e. The lowest BCUT2D eigenvalue weighted by Crippen LogP contribution is -2.27. The molecule has 0 aliphatic carbocycles. The van der Waals surface area contributed by atoms with Gasteiger partial charge in [-0.1, -0.05) is 11.6 Å². The Morgan fingerprint density at radius 3 is 2.57 bits per heavy atom. The first-order valence-electron chi connectivity index (χ1n) is 5.96. The van der Waals surface area contributed by atoms with Gasteiger partial charge in [0.1, 0.15) is 0 Å². The van der Waals surface area contributed by atoms with E-state index in [1.54, 1.807) is 14.1 Å². The molecule has 1 amide bonds. The van der Waals surface area contributed by atoms with Gasteiger partial charge in [-0.3, -0.25) is 4.79 Å². The molecule has 1 rings (SSSR count). The SMILES string of the molecule is COc1cc(Cl)cc(/C=C/C(=O)O)c1OCC(=O)N(C)C. The van der Waals surface area contributed by atoms with Gasteiger partial charge in [-0.2, -0.15) is 0 Å². The third-order valence-corrected chi connectivity index (χ3v) is 2.73. The summed E-state index contributed by atoms with van der Waals surface area (Å²) < 4.78 is 10.6. The smallest absolute Gasteiger partial charge is 0.328 e. The van der Waals surface area contributed by atoms with Crippen LogP contribution in [0.25, 0.3) is 6.08 Å². The van der Waals surface area contributed by atoms with Gasteiger partial charge in [-0.05, 0) is 12.1 Å². The molecule has 0 radical (unpaired) electrons. The number of carbonyl (C=O) groups is 2. The Bertz CT molecular complexity index is 569. The lowest BCUT2D eigenvalue weighted by molar-refractivity contribution is -0.132. The van der Waals surface area contributed by atoms with Gasteiger partial charge < -0.3 is 19.5 Å². The number of carbonyl (C=O) groups excluding carboxylic acids is 1. The molecule has 0 spiro atoms. The molecule has 0 aliphatic rings. The summed E-state index contributed by atoms with van der Waals surface area (Å²) >= 11 is 5.94. The summed E-state index contributed by atoms with van der Waals surface area (Å²) in [5, 5.41) is 9.06. The number of carboxylic acids is 1. The van der Waals surface area contributed by atoms with E-state index in [0.717, 1.165) is 6.08 Å². The Labute approximate surface area is 127 Å². The van der Waals surface area contributed by atoms with Gasteiger partial charge in [-0.15, -0.1) is 0 Å². The minimum absolute atomic E-state index is 0.196. The zero-order valence-electron chi connectivity index (χ0n) is 11.9. The first-order valence-corrected chi connectivity index (χ1v) is 6.34. The number of aliphatic carboxylic acids is 1. The standard InChI is InChI=1S/C14H16ClNO5/c1-16(2)12(17)8-21-14-9(4-5-13(18)19)6-10(15)7-11(14)20-3/h4-7H,8H2,1-3H3,(H,18,19)/b5-4+. The molecule has 0 aromatic heterocycles. The molecule has 21 heavy (non-hydrogen) atoms. The van der Waals surface area contributed by atoms with Crippen LogP contribution in [-0.4, -0.2) is 49.7 Å². The zero-order chi connectivity index (χ0) is 16.0. The Kier molecular flexibility index (Phi) is 6.05. The molecule has 0 saturated carbocycles. The fourth-order valence-corrected chi connectivity index (χ4v) is 1.66. The van der Waals surface area contributed by atoms with Crippen molar-refractivity contribution in [3.8, 4) is 11.5 Å². The van der Waals surface area contributed by atoms with E-state index in [1.807, 2.05) is 0 Å². The van der Waals surface area contributed by atoms with Crippen LogP contribution in [-0.2, 0) is 9.59 Å². The van der Waals surface area contributed by atoms with Crippen LogP contribution in [0.1, 0.15) is 5.56 Å². The van der Waals surface area contributed by atoms with Gasteiger partial charge in [0.05, 0.1) is 7.11 Å². The number of methoxy groups -OCH3 is 1. The van der Waals surface area contributed by atoms with Crippen LogP contribution < -0.4 is 9.47 Å². The molecule has 114 valence electrons. The molecular weight excluding hydrogens is 298 g/mol. The molecule has 1 aromatic rings. The minimum atomic E-state index is -1.11. The Balaban J connectivity index is 3.13. The van der Waals surface area contributed by atoms with E-state index in [1.165, 1.54) is 30.2 Å². The van der Waals surface area contributed by atoms with Crippen LogP contribution in [0.3, 0.4) is 0 Å². The Morgan fingerprint density at radius 2 is 2.05 bits per heavy atom. The highest BCUT2D eigenvalue weighted by Gasteiger charge is 2.14. The molecule has 0 saturated heterocycles. The quantitative estimate of drug-likeness (QED) is 0.812. The van der Waals surface area contributed by atoms with Gasteiger partial charge >= 0.3 is 5.97 Å². The van der Waals surface area contributed by atoms with Crippen LogP contribution in [0, 0.1) is 0 Å². The fraction of sp³-hybridized carbons (Fsp3) is 0.286. The molecule has 7 heteroatoms. The molecule has 6 nitrogen and oxygen atoms in total. The summed E-state index contributed by atoms with van der Waals surface area (Å²) in [5.74, 6) is -0.766. The summed E-state index contributed by atoms with van der Waals surface area (Å²) in [4.78, 5) is 23.6. The molecule has 0 atom stereocenters. The average Bonchev–Trinajstić information content (AvgIpc) is 2.42. The van der Waals surface area contributed by atoms with Gasteiger partial charge in [0.15, 0.2) is 18.1 Å². The van der Waals surface area contributed by atoms with E-state index < -0.39 is 5.97 Å². The molecule has 0 fully saturated rings. The lowest BCUT2D eigenvalue weighted by atomic mass is 10.1. The Hall–Kier alpha value is -2.21. The normalized spacial score (nSPS) is 10.5. The van der Waals surface area contributed by atoms with Crippen molar-refractivity contribution < 1.29 is 24.2 Å². The molecule has 1 N–H and O–H groups in total. The van der Waals surface area contributed by atoms with Crippen LogP contribution in [0.4, 0.5) is 0 Å². The highest BCUT2D eigenvalue weighted by atomic mass is 35.5. The monoisotopic (exact) mass is 313 g/mol. The van der Waals surface area contributed by atoms with Gasteiger partial charge in [-0.25, -0.2) is 4.79 Å². The Morgan fingerprint density at radius 1 is 1.38 bits per heavy atom. The van der Waals surface area contributed by atoms with E-state index in [0.29, 0.717) is 16.3 Å². The summed E-state index contributed by atoms with van der Waals surface area (Å²) in [6.45, 7) is -0.196. The van der Waals surface area contributed by atoms with Crippen molar-refractivity contribution in [2.75, 3.05) is 27.8 Å². The highest BCUT2D eigenvalue weighted by molar-refractivity contribution is 6.31. The average molecular weight is 314 g/mol. The first-order chi connectivity index (χ1) is 9.85. The number of benzene rings is 1. The zero-order valence-corrected chi connectivity index (χ0v) is 12.7. The van der Waals surface area contributed by atoms with Gasteiger partial charge in [0.2, 0.25) is 0 Å². The highest BCUT2D eigenvalue weighted by Crippen LogP contribution is 2.35. The van der Waals surface area contributed by atoms with Gasteiger partial charge in [0.25, 0.3) is 5.91 Å². The second-order valence-electron chi connectivity index (χ2n) is 4.27. The number of carboxylic acid groups (broad SMARTS) is 1. The van der Waals surface area contributed by atoms with Crippen molar-refractivity contribution >= 4 is 29.6 Å². The molecule has 1 aromatic carbocycles. The molecule has 0 aliphatic heterocycles. The predicted molar refractivity (Wildman–Crippen MR) is 78.9 cm³/mol. The van der Waals surface area contributed by atoms with Crippen molar-refractivity contribution in [2.45, 2.75) is 0 Å². The van der Waals surface area contributed by atoms with E-state index in [4.69, 9.17) is 26.2 Å². The van der Waals surface area contributed by atoms with Crippen molar-refractivity contribution in [1.82, 2.24) is 4.90 Å². The van der Waals surface area contributed by atoms with E-state index in [2.05, 4.69) is 0 Å². The number of likely N-dealkylation sites (N-methyl/N-ethyl adjacent to an activating group) is 1. The molecular formula is C14H16ClNO5. The molecule has 0 heterocycles. The van der Waals surface area contributed by atoms with Crippen LogP contribution in [0.2, 0.25) is 5.02 Å². The summed E-state index contributed by atoms with van der Waals surface area (Å²) in [6.07, 6.45) is 2.28. The van der Waals surface area contributed by atoms with E-state index >= 15 is 0 Å². The third kappa shape index (κ3) is 5.00. The number of ether oxygens (including phenoxy) is 2. The lowest BCUT2D eigenvalue weighted by Gasteiger charge is -2.15. The number of amides is 1. The minimum Gasteiger partial charge on any atom is -0.493 e. The van der Waals surface area contributed by atoms with Crippen LogP contribution in [0.5, 0.6) is 11.5 Å². The van der Waals surface area contributed by atoms with E-state index in [9.17, 15) is 9.59 Å². The fourth-order valence-electron chi connectivity index (χ4n) is 1.44. The maximum absolute atomic E-state index is 11.6. The van der Waals surface area contributed by atoms with Gasteiger partial charge in [0, 0.05) is 36.8 Å². The summed E-state index contributed by atoms with van der Waals surface area (Å²) in [5.41, 5.74) is 0.410. The number of rotatable bonds is 6. The van der Waals surface area contributed by atoms with Crippen LogP contribution >= 0.6 is 11.6 Å². The first kappa shape index (κ1) is 16.8.